The molecule has 0 saturated carbocycles. The monoisotopic (exact) mass is 285 g/mol. The van der Waals surface area contributed by atoms with Crippen molar-refractivity contribution in [3.8, 4) is 5.75 Å². The number of hydrogen-bond donors (Lipinski definition) is 1. The molecule has 0 radical (unpaired) electrons. The fourth-order valence-corrected chi connectivity index (χ4v) is 2.61. The van der Waals surface area contributed by atoms with Gasteiger partial charge in [-0.3, -0.25) is 9.69 Å². The molecule has 1 saturated heterocycles. The molecule has 110 valence electrons. The molecule has 2 atom stereocenters. The Bertz CT molecular complexity index is 464. The highest BCUT2D eigenvalue weighted by Gasteiger charge is 2.36. The zero-order valence-corrected chi connectivity index (χ0v) is 11.1. The summed E-state index contributed by atoms with van der Waals surface area (Å²) in [6.07, 6.45) is 0.851. The highest BCUT2D eigenvalue weighted by atomic mass is 19.3. The molecule has 2 unspecified atom stereocenters. The Kier molecular flexibility index (Phi) is 4.54. The van der Waals surface area contributed by atoms with Crippen LogP contribution in [0.3, 0.4) is 0 Å². The predicted octanol–water partition coefficient (Wildman–Crippen LogP) is 2.58. The van der Waals surface area contributed by atoms with E-state index >= 15 is 0 Å². The third-order valence-electron chi connectivity index (χ3n) is 3.59. The first-order valence-electron chi connectivity index (χ1n) is 6.48. The van der Waals surface area contributed by atoms with Gasteiger partial charge in [0.2, 0.25) is 0 Å². The van der Waals surface area contributed by atoms with Gasteiger partial charge in [-0.2, -0.15) is 8.78 Å². The average Bonchev–Trinajstić information content (AvgIpc) is 2.72. The number of alkyl halides is 2. The number of carboxylic acid groups (broad SMARTS) is 1. The van der Waals surface area contributed by atoms with E-state index in [4.69, 9.17) is 0 Å². The smallest absolute Gasteiger partial charge is 0.387 e. The van der Waals surface area contributed by atoms with Gasteiger partial charge >= 0.3 is 12.6 Å². The first kappa shape index (κ1) is 14.7. The summed E-state index contributed by atoms with van der Waals surface area (Å²) in [5.41, 5.74) is 0.881. The zero-order chi connectivity index (χ0) is 14.7. The molecule has 1 aliphatic heterocycles. The van der Waals surface area contributed by atoms with Gasteiger partial charge < -0.3 is 9.84 Å². The molecule has 0 amide bonds. The molecule has 1 aromatic carbocycles. The SMILES string of the molecule is CC1CCN(Cc2ccc(OC(F)F)cc2)C1C(=O)O. The van der Waals surface area contributed by atoms with Crippen LogP contribution in [0.1, 0.15) is 18.9 Å². The number of aliphatic carboxylic acids is 1. The van der Waals surface area contributed by atoms with Crippen LogP contribution in [0.2, 0.25) is 0 Å². The molecular weight excluding hydrogens is 268 g/mol. The van der Waals surface area contributed by atoms with Crippen molar-refractivity contribution in [2.45, 2.75) is 32.5 Å². The van der Waals surface area contributed by atoms with Crippen LogP contribution in [-0.2, 0) is 11.3 Å². The highest BCUT2D eigenvalue weighted by Crippen LogP contribution is 2.26. The summed E-state index contributed by atoms with van der Waals surface area (Å²) in [7, 11) is 0. The van der Waals surface area contributed by atoms with E-state index in [9.17, 15) is 18.7 Å². The van der Waals surface area contributed by atoms with Gasteiger partial charge in [-0.1, -0.05) is 19.1 Å². The van der Waals surface area contributed by atoms with Crippen molar-refractivity contribution in [2.24, 2.45) is 5.92 Å². The molecule has 1 N–H and O–H groups in total. The number of halogens is 2. The summed E-state index contributed by atoms with van der Waals surface area (Å²) < 4.78 is 28.3. The Labute approximate surface area is 116 Å². The van der Waals surface area contributed by atoms with Crippen molar-refractivity contribution < 1.29 is 23.4 Å². The zero-order valence-electron chi connectivity index (χ0n) is 11.1. The van der Waals surface area contributed by atoms with Crippen LogP contribution in [0.4, 0.5) is 8.78 Å². The normalized spacial score (nSPS) is 23.2. The molecule has 4 nitrogen and oxygen atoms in total. The van der Waals surface area contributed by atoms with Crippen molar-refractivity contribution >= 4 is 5.97 Å². The van der Waals surface area contributed by atoms with Gasteiger partial charge in [0.05, 0.1) is 0 Å². The van der Waals surface area contributed by atoms with Crippen LogP contribution < -0.4 is 4.74 Å². The van der Waals surface area contributed by atoms with Gasteiger partial charge in [0.1, 0.15) is 11.8 Å². The summed E-state index contributed by atoms with van der Waals surface area (Å²) in [6, 6.07) is 5.82. The number of carboxylic acids is 1. The number of ether oxygens (including phenoxy) is 1. The highest BCUT2D eigenvalue weighted by molar-refractivity contribution is 5.74. The first-order valence-corrected chi connectivity index (χ1v) is 6.48. The van der Waals surface area contributed by atoms with Gasteiger partial charge in [0.25, 0.3) is 0 Å². The van der Waals surface area contributed by atoms with Crippen LogP contribution in [-0.4, -0.2) is 35.2 Å². The van der Waals surface area contributed by atoms with E-state index in [1.165, 1.54) is 12.1 Å². The Morgan fingerprint density at radius 3 is 2.65 bits per heavy atom. The minimum Gasteiger partial charge on any atom is -0.480 e. The summed E-state index contributed by atoms with van der Waals surface area (Å²) in [4.78, 5) is 13.1. The van der Waals surface area contributed by atoms with Gasteiger partial charge in [-0.05, 0) is 36.6 Å². The lowest BCUT2D eigenvalue weighted by Crippen LogP contribution is -2.38. The third-order valence-corrected chi connectivity index (χ3v) is 3.59. The van der Waals surface area contributed by atoms with Gasteiger partial charge in [0.15, 0.2) is 0 Å². The molecule has 6 heteroatoms. The lowest BCUT2D eigenvalue weighted by molar-refractivity contribution is -0.143. The second kappa shape index (κ2) is 6.17. The molecule has 1 fully saturated rings. The lowest BCUT2D eigenvalue weighted by Gasteiger charge is -2.23. The molecule has 0 aliphatic carbocycles. The average molecular weight is 285 g/mol. The maximum absolute atomic E-state index is 12.0. The fourth-order valence-electron chi connectivity index (χ4n) is 2.61. The van der Waals surface area contributed by atoms with E-state index in [1.54, 1.807) is 12.1 Å². The molecular formula is C14H17F2NO3. The van der Waals surface area contributed by atoms with Crippen LogP contribution in [0.15, 0.2) is 24.3 Å². The number of hydrogen-bond acceptors (Lipinski definition) is 3. The van der Waals surface area contributed by atoms with Crippen molar-refractivity contribution in [1.29, 1.82) is 0 Å². The van der Waals surface area contributed by atoms with Crippen LogP contribution in [0.5, 0.6) is 5.75 Å². The first-order chi connectivity index (χ1) is 9.47. The maximum Gasteiger partial charge on any atom is 0.387 e. The topological polar surface area (TPSA) is 49.8 Å². The molecule has 20 heavy (non-hydrogen) atoms. The molecule has 1 aromatic rings. The summed E-state index contributed by atoms with van der Waals surface area (Å²) in [6.45, 7) is 0.318. The number of carbonyl (C=O) groups is 1. The van der Waals surface area contributed by atoms with Crippen molar-refractivity contribution in [2.75, 3.05) is 6.54 Å². The number of nitrogens with zero attached hydrogens (tertiary/aromatic N) is 1. The maximum atomic E-state index is 12.0. The second-order valence-electron chi connectivity index (χ2n) is 5.04. The third kappa shape index (κ3) is 3.45. The van der Waals surface area contributed by atoms with Gasteiger partial charge in [-0.15, -0.1) is 0 Å². The lowest BCUT2D eigenvalue weighted by atomic mass is 10.0. The number of benzene rings is 1. The number of likely N-dealkylation sites (tertiary alicyclic amines) is 1. The molecule has 0 aromatic heterocycles. The number of rotatable bonds is 5. The Morgan fingerprint density at radius 1 is 1.45 bits per heavy atom. The minimum atomic E-state index is -2.84. The van der Waals surface area contributed by atoms with Crippen LogP contribution >= 0.6 is 0 Å². The van der Waals surface area contributed by atoms with Gasteiger partial charge in [-0.25, -0.2) is 0 Å². The van der Waals surface area contributed by atoms with Gasteiger partial charge in [0, 0.05) is 6.54 Å². The summed E-state index contributed by atoms with van der Waals surface area (Å²) >= 11 is 0. The Hall–Kier alpha value is -1.69. The predicted molar refractivity (Wildman–Crippen MR) is 68.7 cm³/mol. The van der Waals surface area contributed by atoms with Crippen molar-refractivity contribution in [3.05, 3.63) is 29.8 Å². The van der Waals surface area contributed by atoms with Crippen molar-refractivity contribution in [1.82, 2.24) is 4.90 Å². The largest absolute Gasteiger partial charge is 0.480 e. The van der Waals surface area contributed by atoms with E-state index in [0.717, 1.165) is 18.5 Å². The van der Waals surface area contributed by atoms with Crippen LogP contribution in [0, 0.1) is 5.92 Å². The van der Waals surface area contributed by atoms with Crippen LogP contribution in [0.25, 0.3) is 0 Å². The van der Waals surface area contributed by atoms with E-state index in [2.05, 4.69) is 4.74 Å². The molecule has 2 rings (SSSR count). The quantitative estimate of drug-likeness (QED) is 0.903. The Balaban J connectivity index is 2.01. The second-order valence-corrected chi connectivity index (χ2v) is 5.04. The molecule has 1 aliphatic rings. The van der Waals surface area contributed by atoms with E-state index in [-0.39, 0.29) is 11.7 Å². The minimum absolute atomic E-state index is 0.105. The molecule has 1 heterocycles. The fraction of sp³-hybridized carbons (Fsp3) is 0.500. The van der Waals surface area contributed by atoms with Crippen molar-refractivity contribution in [3.63, 3.8) is 0 Å². The van der Waals surface area contributed by atoms with E-state index in [0.29, 0.717) is 6.54 Å². The summed E-state index contributed by atoms with van der Waals surface area (Å²) in [5, 5.41) is 9.23. The van der Waals surface area contributed by atoms with E-state index < -0.39 is 18.6 Å². The van der Waals surface area contributed by atoms with E-state index in [1.807, 2.05) is 11.8 Å². The molecule has 0 bridgehead atoms. The molecule has 0 spiro atoms. The Morgan fingerprint density at radius 2 is 2.10 bits per heavy atom. The summed E-state index contributed by atoms with van der Waals surface area (Å²) in [5.74, 6) is -0.588. The standard InChI is InChI=1S/C14H17F2NO3/c1-9-6-7-17(12(9)13(18)19)8-10-2-4-11(5-3-10)20-14(15)16/h2-5,9,12,14H,6-8H2,1H3,(H,18,19).